The van der Waals surface area contributed by atoms with Crippen LogP contribution in [0, 0.1) is 18.3 Å². The number of carbonyl (C=O) groups excluding carboxylic acids is 2. The van der Waals surface area contributed by atoms with E-state index in [1.165, 1.54) is 0 Å². The van der Waals surface area contributed by atoms with Crippen molar-refractivity contribution in [3.63, 3.8) is 0 Å². The van der Waals surface area contributed by atoms with Gasteiger partial charge < -0.3 is 19.4 Å². The van der Waals surface area contributed by atoms with Gasteiger partial charge in [-0.15, -0.1) is 0 Å². The van der Waals surface area contributed by atoms with Gasteiger partial charge in [0, 0.05) is 17.4 Å². The van der Waals surface area contributed by atoms with Gasteiger partial charge in [0.2, 0.25) is 0 Å². The molecule has 3 aromatic carbocycles. The third-order valence-electron chi connectivity index (χ3n) is 6.89. The van der Waals surface area contributed by atoms with Gasteiger partial charge >= 0.3 is 11.7 Å². The van der Waals surface area contributed by atoms with Crippen LogP contribution in [-0.4, -0.2) is 17.6 Å². The number of para-hydroxylation sites is 1. The summed E-state index contributed by atoms with van der Waals surface area (Å²) in [7, 11) is 0. The normalized spacial score (nSPS) is 16.5. The Balaban J connectivity index is 1.75. The molecule has 0 fully saturated rings. The molecular weight excluding hydrogens is 506 g/mol. The van der Waals surface area contributed by atoms with E-state index in [0.717, 1.165) is 11.1 Å². The summed E-state index contributed by atoms with van der Waals surface area (Å²) in [6.45, 7) is 7.37. The van der Waals surface area contributed by atoms with Crippen molar-refractivity contribution in [2.24, 2.45) is 0 Å². The lowest BCUT2D eigenvalue weighted by Gasteiger charge is -2.32. The van der Waals surface area contributed by atoms with Gasteiger partial charge in [-0.05, 0) is 51.0 Å². The van der Waals surface area contributed by atoms with Crippen molar-refractivity contribution in [3.8, 4) is 6.07 Å². The predicted molar refractivity (Wildman–Crippen MR) is 151 cm³/mol. The van der Waals surface area contributed by atoms with Crippen LogP contribution >= 0.6 is 0 Å². The Morgan fingerprint density at radius 1 is 1.05 bits per heavy atom. The van der Waals surface area contributed by atoms with Gasteiger partial charge in [0.15, 0.2) is 5.54 Å². The van der Waals surface area contributed by atoms with Crippen molar-refractivity contribution in [1.82, 2.24) is 5.32 Å². The number of rotatable bonds is 5. The molecule has 40 heavy (non-hydrogen) atoms. The Morgan fingerprint density at radius 2 is 1.75 bits per heavy atom. The van der Waals surface area contributed by atoms with Gasteiger partial charge in [-0.25, -0.2) is 9.59 Å². The molecule has 5 rings (SSSR count). The highest BCUT2D eigenvalue weighted by atomic mass is 16.6. The molecule has 1 N–H and O–H groups in total. The summed E-state index contributed by atoms with van der Waals surface area (Å²) in [5.74, 6) is -0.399. The number of hydrogen-bond donors (Lipinski definition) is 1. The quantitative estimate of drug-likeness (QED) is 0.339. The molecule has 0 unspecified atom stereocenters. The van der Waals surface area contributed by atoms with E-state index in [-0.39, 0.29) is 24.1 Å². The molecule has 2 heterocycles. The van der Waals surface area contributed by atoms with Gasteiger partial charge in [-0.2, -0.15) is 5.26 Å². The highest BCUT2D eigenvalue weighted by Crippen LogP contribution is 2.45. The van der Waals surface area contributed by atoms with E-state index in [1.807, 2.05) is 61.5 Å². The molecule has 0 aliphatic carbocycles. The maximum Gasteiger partial charge on any atom is 0.408 e. The van der Waals surface area contributed by atoms with E-state index < -0.39 is 28.8 Å². The number of amides is 2. The second-order valence-electron chi connectivity index (χ2n) is 11.0. The average Bonchev–Trinajstić information content (AvgIpc) is 3.10. The minimum atomic E-state index is -1.67. The van der Waals surface area contributed by atoms with Crippen LogP contribution in [0.25, 0.3) is 11.0 Å². The molecule has 0 saturated carbocycles. The van der Waals surface area contributed by atoms with Crippen LogP contribution in [0.2, 0.25) is 0 Å². The van der Waals surface area contributed by atoms with Crippen molar-refractivity contribution in [3.05, 3.63) is 111 Å². The highest BCUT2D eigenvalue weighted by Gasteiger charge is 2.53. The topological polar surface area (TPSA) is 113 Å². The minimum Gasteiger partial charge on any atom is -0.444 e. The van der Waals surface area contributed by atoms with Crippen LogP contribution in [0.15, 0.2) is 82.0 Å². The molecule has 8 heteroatoms. The summed E-state index contributed by atoms with van der Waals surface area (Å²) in [4.78, 5) is 42.4. The molecule has 2 amide bonds. The molecule has 0 saturated heterocycles. The molecule has 0 spiro atoms. The number of benzene rings is 3. The molecule has 1 aliphatic rings. The Morgan fingerprint density at radius 3 is 2.45 bits per heavy atom. The fourth-order valence-electron chi connectivity index (χ4n) is 5.19. The third-order valence-corrected chi connectivity index (χ3v) is 6.89. The van der Waals surface area contributed by atoms with Crippen LogP contribution in [0.4, 0.5) is 10.5 Å². The second kappa shape index (κ2) is 10.0. The number of carbonyl (C=O) groups is 2. The molecule has 0 radical (unpaired) electrons. The van der Waals surface area contributed by atoms with E-state index >= 15 is 0 Å². The molecule has 0 bridgehead atoms. The average molecular weight is 536 g/mol. The second-order valence-corrected chi connectivity index (χ2v) is 11.0. The van der Waals surface area contributed by atoms with Crippen molar-refractivity contribution in [1.29, 1.82) is 5.26 Å². The largest absolute Gasteiger partial charge is 0.444 e. The summed E-state index contributed by atoms with van der Waals surface area (Å²) in [6.07, 6.45) is -0.956. The summed E-state index contributed by atoms with van der Waals surface area (Å²) >= 11 is 0. The summed E-state index contributed by atoms with van der Waals surface area (Å²) in [5, 5.41) is 13.4. The molecule has 1 aromatic heterocycles. The van der Waals surface area contributed by atoms with Gasteiger partial charge in [0.05, 0.1) is 12.2 Å². The van der Waals surface area contributed by atoms with Gasteiger partial charge in [-0.3, -0.25) is 4.79 Å². The molecule has 202 valence electrons. The lowest BCUT2D eigenvalue weighted by molar-refractivity contribution is -0.124. The standard InChI is InChI=1S/C32H29N3O5/c1-20-14-15-26-25(16-20)32(34-30(38)40-31(2,3)4,29(37)35(26)19-21-10-6-5-7-11-21)17-23-22-12-8-9-13-27(22)39-28(36)24(23)18-33/h5-16H,17,19H2,1-4H3,(H,34,38)/t32-/m0/s1. The highest BCUT2D eigenvalue weighted by molar-refractivity contribution is 6.09. The Labute approximate surface area is 231 Å². The van der Waals surface area contributed by atoms with Crippen LogP contribution in [0.1, 0.15) is 48.6 Å². The third kappa shape index (κ3) is 4.82. The molecular formula is C32H29N3O5. The summed E-state index contributed by atoms with van der Waals surface area (Å²) < 4.78 is 11.0. The maximum absolute atomic E-state index is 14.6. The first-order valence-electron chi connectivity index (χ1n) is 13.0. The van der Waals surface area contributed by atoms with Crippen LogP contribution in [0.5, 0.6) is 0 Å². The van der Waals surface area contributed by atoms with Crippen LogP contribution < -0.4 is 15.8 Å². The Bertz CT molecular complexity index is 1730. The number of nitrogens with one attached hydrogen (secondary N) is 1. The zero-order chi connectivity index (χ0) is 28.7. The summed E-state index contributed by atoms with van der Waals surface area (Å²) in [6, 6.07) is 24.0. The maximum atomic E-state index is 14.6. The number of hydrogen-bond acceptors (Lipinski definition) is 6. The van der Waals surface area contributed by atoms with Gasteiger partial charge in [0.1, 0.15) is 22.8 Å². The van der Waals surface area contributed by atoms with Crippen molar-refractivity contribution in [2.45, 2.75) is 51.8 Å². The predicted octanol–water partition coefficient (Wildman–Crippen LogP) is 5.48. The summed E-state index contributed by atoms with van der Waals surface area (Å²) in [5.41, 5.74) is 0.0394. The van der Waals surface area contributed by atoms with Gasteiger partial charge in [0.25, 0.3) is 5.91 Å². The van der Waals surface area contributed by atoms with E-state index in [4.69, 9.17) is 9.15 Å². The molecule has 1 aliphatic heterocycles. The number of anilines is 1. The van der Waals surface area contributed by atoms with Gasteiger partial charge in [-0.1, -0.05) is 66.2 Å². The van der Waals surface area contributed by atoms with Crippen LogP contribution in [-0.2, 0) is 28.0 Å². The Hall–Kier alpha value is -4.90. The molecule has 8 nitrogen and oxygen atoms in total. The van der Waals surface area contributed by atoms with E-state index in [1.54, 1.807) is 49.9 Å². The first-order chi connectivity index (χ1) is 19.0. The van der Waals surface area contributed by atoms with Crippen LogP contribution in [0.3, 0.4) is 0 Å². The SMILES string of the molecule is Cc1ccc2c(c1)[C@](Cc1c(C#N)c(=O)oc3ccccc13)(NC(=O)OC(C)(C)C)C(=O)N2Cc1ccccc1. The number of fused-ring (bicyclic) bond motifs is 2. The number of aryl methyl sites for hydroxylation is 1. The lowest BCUT2D eigenvalue weighted by Crippen LogP contribution is -2.55. The first kappa shape index (κ1) is 26.7. The molecule has 4 aromatic rings. The number of ether oxygens (including phenoxy) is 1. The van der Waals surface area contributed by atoms with Crippen molar-refractivity contribution < 1.29 is 18.7 Å². The number of nitrogens with zero attached hydrogens (tertiary/aromatic N) is 2. The Kier molecular flexibility index (Phi) is 6.68. The van der Waals surface area contributed by atoms with Crippen molar-refractivity contribution in [2.75, 3.05) is 4.90 Å². The monoisotopic (exact) mass is 535 g/mol. The van der Waals surface area contributed by atoms with E-state index in [0.29, 0.717) is 22.2 Å². The lowest BCUT2D eigenvalue weighted by atomic mass is 9.82. The fourth-order valence-corrected chi connectivity index (χ4v) is 5.19. The first-order valence-corrected chi connectivity index (χ1v) is 13.0. The van der Waals surface area contributed by atoms with E-state index in [9.17, 15) is 19.6 Å². The molecule has 1 atom stereocenters. The number of alkyl carbamates (subject to hydrolysis) is 1. The minimum absolute atomic E-state index is 0.165. The smallest absolute Gasteiger partial charge is 0.408 e. The zero-order valence-corrected chi connectivity index (χ0v) is 22.8. The van der Waals surface area contributed by atoms with Crippen molar-refractivity contribution >= 4 is 28.7 Å². The number of nitriles is 1. The zero-order valence-electron chi connectivity index (χ0n) is 22.8. The van der Waals surface area contributed by atoms with E-state index in [2.05, 4.69) is 5.32 Å². The fraction of sp³-hybridized carbons (Fsp3) is 0.250.